The van der Waals surface area contributed by atoms with Gasteiger partial charge >= 0.3 is 0 Å². The number of hydrogen-bond donors (Lipinski definition) is 1. The number of nitrogens with zero attached hydrogens (tertiary/aromatic N) is 2. The van der Waals surface area contributed by atoms with Crippen LogP contribution in [0.1, 0.15) is 18.1 Å². The van der Waals surface area contributed by atoms with Crippen LogP contribution in [-0.4, -0.2) is 53.1 Å². The lowest BCUT2D eigenvalue weighted by Gasteiger charge is -2.38. The molecule has 1 atom stereocenters. The second kappa shape index (κ2) is 8.29. The molecule has 1 aromatic heterocycles. The van der Waals surface area contributed by atoms with Gasteiger partial charge in [0.25, 0.3) is 0 Å². The van der Waals surface area contributed by atoms with Crippen molar-refractivity contribution in [1.29, 1.82) is 0 Å². The number of fused-ring (bicyclic) bond motifs is 1. The van der Waals surface area contributed by atoms with Crippen molar-refractivity contribution >= 4 is 32.9 Å². The van der Waals surface area contributed by atoms with Gasteiger partial charge in [0, 0.05) is 59.8 Å². The molecular formula is C23H24N2O2S. The molecule has 1 aliphatic heterocycles. The minimum atomic E-state index is 0.0475. The standard InChI is InChI=1S/C23H24N2O2S/c1-17(21(15-26)22-16-28-23-5-3-2-4-20(22)23)25-12-10-24(11-13-25)14-18-6-8-19(27)9-7-18/h2-9,16-17,27H,10-14H2,1H3. The highest BCUT2D eigenvalue weighted by Gasteiger charge is 2.26. The van der Waals surface area contributed by atoms with Crippen molar-refractivity contribution in [3.63, 3.8) is 0 Å². The van der Waals surface area contributed by atoms with Crippen molar-refractivity contribution in [1.82, 2.24) is 9.80 Å². The van der Waals surface area contributed by atoms with Gasteiger partial charge in [0.15, 0.2) is 0 Å². The van der Waals surface area contributed by atoms with E-state index in [9.17, 15) is 9.90 Å². The molecule has 0 amide bonds. The number of phenols is 1. The highest BCUT2D eigenvalue weighted by Crippen LogP contribution is 2.32. The molecule has 0 saturated carbocycles. The lowest BCUT2D eigenvalue weighted by atomic mass is 9.98. The van der Waals surface area contributed by atoms with E-state index in [-0.39, 0.29) is 6.04 Å². The van der Waals surface area contributed by atoms with E-state index in [0.717, 1.165) is 49.2 Å². The first kappa shape index (κ1) is 18.9. The number of carbonyl (C=O) groups excluding carboxylic acids is 1. The zero-order chi connectivity index (χ0) is 19.5. The van der Waals surface area contributed by atoms with Gasteiger partial charge in [0.2, 0.25) is 0 Å². The molecule has 144 valence electrons. The largest absolute Gasteiger partial charge is 0.508 e. The molecule has 2 heterocycles. The van der Waals surface area contributed by atoms with Crippen LogP contribution in [0.4, 0.5) is 0 Å². The number of piperazine rings is 1. The summed E-state index contributed by atoms with van der Waals surface area (Å²) < 4.78 is 1.20. The molecule has 5 heteroatoms. The van der Waals surface area contributed by atoms with E-state index in [4.69, 9.17) is 0 Å². The third-order valence-electron chi connectivity index (χ3n) is 5.60. The third-order valence-corrected chi connectivity index (χ3v) is 6.56. The Hall–Kier alpha value is -2.43. The first-order valence-corrected chi connectivity index (χ1v) is 10.5. The van der Waals surface area contributed by atoms with Crippen molar-refractivity contribution in [2.24, 2.45) is 0 Å². The number of phenolic OH excluding ortho intramolecular Hbond substituents is 1. The van der Waals surface area contributed by atoms with E-state index in [1.165, 1.54) is 10.3 Å². The SMILES string of the molecule is CC(C(=C=O)c1csc2ccccc12)N1CCN(Cc2ccc(O)cc2)CC1. The molecular weight excluding hydrogens is 368 g/mol. The van der Waals surface area contributed by atoms with Crippen LogP contribution in [0.2, 0.25) is 0 Å². The summed E-state index contributed by atoms with van der Waals surface area (Å²) in [6.07, 6.45) is 0. The van der Waals surface area contributed by atoms with Crippen molar-refractivity contribution in [3.05, 3.63) is 65.0 Å². The Morgan fingerprint density at radius 2 is 1.82 bits per heavy atom. The van der Waals surface area contributed by atoms with Gasteiger partial charge in [0.1, 0.15) is 11.7 Å². The van der Waals surface area contributed by atoms with Crippen molar-refractivity contribution < 1.29 is 9.90 Å². The van der Waals surface area contributed by atoms with Crippen LogP contribution < -0.4 is 0 Å². The fraction of sp³-hybridized carbons (Fsp3) is 0.304. The summed E-state index contributed by atoms with van der Waals surface area (Å²) in [5.41, 5.74) is 2.98. The molecule has 1 aliphatic rings. The van der Waals surface area contributed by atoms with Crippen LogP contribution in [0.5, 0.6) is 5.75 Å². The molecule has 1 N–H and O–H groups in total. The topological polar surface area (TPSA) is 43.8 Å². The lowest BCUT2D eigenvalue weighted by molar-refractivity contribution is 0.115. The second-order valence-electron chi connectivity index (χ2n) is 7.32. The first-order chi connectivity index (χ1) is 13.7. The Morgan fingerprint density at radius 3 is 2.54 bits per heavy atom. The average Bonchev–Trinajstić information content (AvgIpc) is 3.15. The molecule has 4 nitrogen and oxygen atoms in total. The van der Waals surface area contributed by atoms with E-state index in [1.807, 2.05) is 24.3 Å². The van der Waals surface area contributed by atoms with Gasteiger partial charge in [-0.1, -0.05) is 30.3 Å². The van der Waals surface area contributed by atoms with Gasteiger partial charge in [-0.05, 0) is 30.7 Å². The second-order valence-corrected chi connectivity index (χ2v) is 8.23. The van der Waals surface area contributed by atoms with Crippen LogP contribution >= 0.6 is 11.3 Å². The van der Waals surface area contributed by atoms with E-state index in [0.29, 0.717) is 5.75 Å². The van der Waals surface area contributed by atoms with Gasteiger partial charge in [-0.15, -0.1) is 11.3 Å². The van der Waals surface area contributed by atoms with Gasteiger partial charge in [0.05, 0.1) is 5.57 Å². The molecule has 1 unspecified atom stereocenters. The Balaban J connectivity index is 1.42. The summed E-state index contributed by atoms with van der Waals surface area (Å²) in [6.45, 7) is 6.76. The summed E-state index contributed by atoms with van der Waals surface area (Å²) in [6, 6.07) is 15.7. The van der Waals surface area contributed by atoms with Crippen LogP contribution in [0.25, 0.3) is 15.7 Å². The summed E-state index contributed by atoms with van der Waals surface area (Å²) in [7, 11) is 0. The highest BCUT2D eigenvalue weighted by molar-refractivity contribution is 7.17. The number of hydrogen-bond acceptors (Lipinski definition) is 5. The van der Waals surface area contributed by atoms with E-state index in [1.54, 1.807) is 23.5 Å². The van der Waals surface area contributed by atoms with Crippen LogP contribution in [0, 0.1) is 0 Å². The van der Waals surface area contributed by atoms with Gasteiger partial charge in [-0.3, -0.25) is 9.80 Å². The van der Waals surface area contributed by atoms with E-state index >= 15 is 0 Å². The molecule has 0 radical (unpaired) electrons. The fourth-order valence-electron chi connectivity index (χ4n) is 3.90. The van der Waals surface area contributed by atoms with Crippen LogP contribution in [0.3, 0.4) is 0 Å². The van der Waals surface area contributed by atoms with Crippen molar-refractivity contribution in [2.75, 3.05) is 26.2 Å². The van der Waals surface area contributed by atoms with E-state index < -0.39 is 0 Å². The zero-order valence-electron chi connectivity index (χ0n) is 16.0. The smallest absolute Gasteiger partial charge is 0.130 e. The van der Waals surface area contributed by atoms with Crippen molar-refractivity contribution in [3.8, 4) is 5.75 Å². The maximum Gasteiger partial charge on any atom is 0.130 e. The Bertz CT molecular complexity index is 997. The summed E-state index contributed by atoms with van der Waals surface area (Å²) in [5.74, 6) is 2.55. The highest BCUT2D eigenvalue weighted by atomic mass is 32.1. The molecule has 0 spiro atoms. The average molecular weight is 393 g/mol. The summed E-state index contributed by atoms with van der Waals surface area (Å²) in [5, 5.41) is 12.7. The van der Waals surface area contributed by atoms with E-state index in [2.05, 4.69) is 40.2 Å². The Labute approximate surface area is 169 Å². The molecule has 0 aliphatic carbocycles. The zero-order valence-corrected chi connectivity index (χ0v) is 16.8. The van der Waals surface area contributed by atoms with Crippen LogP contribution in [0.15, 0.2) is 53.9 Å². The van der Waals surface area contributed by atoms with Gasteiger partial charge in [-0.2, -0.15) is 0 Å². The molecule has 1 saturated heterocycles. The molecule has 0 bridgehead atoms. The van der Waals surface area contributed by atoms with Gasteiger partial charge < -0.3 is 5.11 Å². The molecule has 28 heavy (non-hydrogen) atoms. The normalized spacial score (nSPS) is 16.8. The minimum absolute atomic E-state index is 0.0475. The molecule has 4 rings (SSSR count). The number of benzene rings is 2. The maximum absolute atomic E-state index is 11.8. The monoisotopic (exact) mass is 392 g/mol. The molecule has 3 aromatic rings. The molecule has 2 aromatic carbocycles. The third kappa shape index (κ3) is 3.89. The first-order valence-electron chi connectivity index (χ1n) is 9.61. The number of thiophene rings is 1. The Morgan fingerprint density at radius 1 is 1.11 bits per heavy atom. The van der Waals surface area contributed by atoms with Crippen LogP contribution in [-0.2, 0) is 11.3 Å². The fourth-order valence-corrected chi connectivity index (χ4v) is 4.86. The summed E-state index contributed by atoms with van der Waals surface area (Å²) in [4.78, 5) is 16.6. The van der Waals surface area contributed by atoms with Gasteiger partial charge in [-0.25, -0.2) is 4.79 Å². The predicted octanol–water partition coefficient (Wildman–Crippen LogP) is 4.03. The predicted molar refractivity (Wildman–Crippen MR) is 115 cm³/mol. The number of rotatable bonds is 5. The van der Waals surface area contributed by atoms with Crippen molar-refractivity contribution in [2.45, 2.75) is 19.5 Å². The maximum atomic E-state index is 11.8. The molecule has 1 fully saturated rings. The Kier molecular flexibility index (Phi) is 5.60. The minimum Gasteiger partial charge on any atom is -0.508 e. The number of aromatic hydroxyl groups is 1. The lowest BCUT2D eigenvalue weighted by Crippen LogP contribution is -2.49. The quantitative estimate of drug-likeness (QED) is 0.666. The summed E-state index contributed by atoms with van der Waals surface area (Å²) >= 11 is 1.68.